The minimum atomic E-state index is -0.284. The molecule has 26 heavy (non-hydrogen) atoms. The molecule has 1 saturated heterocycles. The van der Waals surface area contributed by atoms with E-state index in [1.54, 1.807) is 0 Å². The first kappa shape index (κ1) is 16.5. The lowest BCUT2D eigenvalue weighted by molar-refractivity contribution is 0.0332. The molecule has 134 valence electrons. The Morgan fingerprint density at radius 2 is 2.08 bits per heavy atom. The molecule has 2 aromatic heterocycles. The van der Waals surface area contributed by atoms with E-state index in [9.17, 15) is 9.59 Å². The second-order valence-corrected chi connectivity index (χ2v) is 6.20. The molecule has 0 unspecified atom stereocenters. The molecule has 1 amide bonds. The average molecular weight is 353 g/mol. The zero-order valence-electron chi connectivity index (χ0n) is 14.1. The van der Waals surface area contributed by atoms with Gasteiger partial charge in [0.25, 0.3) is 5.91 Å². The highest BCUT2D eigenvalue weighted by Crippen LogP contribution is 2.19. The van der Waals surface area contributed by atoms with Crippen molar-refractivity contribution >= 4 is 22.6 Å². The first-order valence-electron chi connectivity index (χ1n) is 8.46. The predicted molar refractivity (Wildman–Crippen MR) is 97.2 cm³/mol. The molecule has 4 rings (SSSR count). The smallest absolute Gasteiger partial charge is 0.257 e. The molecule has 0 bridgehead atoms. The van der Waals surface area contributed by atoms with Gasteiger partial charge in [0.1, 0.15) is 5.82 Å². The highest BCUT2D eigenvalue weighted by Gasteiger charge is 2.13. The van der Waals surface area contributed by atoms with Gasteiger partial charge in [-0.15, -0.1) is 0 Å². The van der Waals surface area contributed by atoms with E-state index < -0.39 is 0 Å². The number of hydrogen-bond acceptors (Lipinski definition) is 5. The number of nitrogens with zero attached hydrogens (tertiary/aromatic N) is 2. The summed E-state index contributed by atoms with van der Waals surface area (Å²) in [5.41, 5.74) is 2.54. The third-order valence-electron chi connectivity index (χ3n) is 4.31. The van der Waals surface area contributed by atoms with E-state index in [1.807, 2.05) is 18.2 Å². The van der Waals surface area contributed by atoms with Gasteiger partial charge in [-0.3, -0.25) is 14.5 Å². The number of H-pyrrole nitrogens is 2. The highest BCUT2D eigenvalue weighted by molar-refractivity contribution is 6.04. The quantitative estimate of drug-likeness (QED) is 0.657. The van der Waals surface area contributed by atoms with Gasteiger partial charge in [-0.2, -0.15) is 0 Å². The second-order valence-electron chi connectivity index (χ2n) is 6.20. The number of fused-ring (bicyclic) bond motifs is 1. The number of benzene rings is 1. The van der Waals surface area contributed by atoms with E-state index in [2.05, 4.69) is 25.2 Å². The van der Waals surface area contributed by atoms with Crippen molar-refractivity contribution in [3.05, 3.63) is 58.3 Å². The largest absolute Gasteiger partial charge is 0.379 e. The number of hydrogen-bond donors (Lipinski definition) is 3. The van der Waals surface area contributed by atoms with Crippen molar-refractivity contribution in [2.24, 2.45) is 0 Å². The molecule has 3 heterocycles. The number of anilines is 1. The van der Waals surface area contributed by atoms with Gasteiger partial charge in [-0.05, 0) is 24.3 Å². The Bertz CT molecular complexity index is 967. The van der Waals surface area contributed by atoms with Crippen LogP contribution in [-0.4, -0.2) is 52.1 Å². The standard InChI is InChI=1S/C18H19N5O3/c24-17-4-1-12(10-19-17)18(25)20-13-2-3-14-15(9-13)22-16(21-14)11-23-5-7-26-8-6-23/h1-4,9-10H,5-8,11H2,(H,19,24)(H,20,25)(H,21,22). The number of morpholine rings is 1. The van der Waals surface area contributed by atoms with Crippen LogP contribution in [0.2, 0.25) is 0 Å². The average Bonchev–Trinajstić information content (AvgIpc) is 3.04. The summed E-state index contributed by atoms with van der Waals surface area (Å²) in [4.78, 5) is 36.0. The fourth-order valence-electron chi connectivity index (χ4n) is 2.94. The maximum Gasteiger partial charge on any atom is 0.257 e. The van der Waals surface area contributed by atoms with Gasteiger partial charge in [-0.25, -0.2) is 4.98 Å². The summed E-state index contributed by atoms with van der Waals surface area (Å²) in [6.07, 6.45) is 1.40. The van der Waals surface area contributed by atoms with Gasteiger partial charge in [-0.1, -0.05) is 0 Å². The van der Waals surface area contributed by atoms with E-state index in [-0.39, 0.29) is 11.5 Å². The lowest BCUT2D eigenvalue weighted by Crippen LogP contribution is -2.35. The van der Waals surface area contributed by atoms with Crippen LogP contribution in [0.4, 0.5) is 5.69 Å². The van der Waals surface area contributed by atoms with Crippen LogP contribution in [0.15, 0.2) is 41.3 Å². The van der Waals surface area contributed by atoms with Gasteiger partial charge >= 0.3 is 0 Å². The van der Waals surface area contributed by atoms with Crippen LogP contribution in [0.25, 0.3) is 11.0 Å². The third kappa shape index (κ3) is 3.66. The molecular formula is C18H19N5O3. The second kappa shape index (κ2) is 7.11. The maximum absolute atomic E-state index is 12.3. The molecule has 1 aliphatic heterocycles. The highest BCUT2D eigenvalue weighted by atomic mass is 16.5. The molecule has 3 N–H and O–H groups in total. The van der Waals surface area contributed by atoms with Crippen molar-refractivity contribution in [2.45, 2.75) is 6.54 Å². The zero-order valence-corrected chi connectivity index (χ0v) is 14.1. The fraction of sp³-hybridized carbons (Fsp3) is 0.278. The monoisotopic (exact) mass is 353 g/mol. The Balaban J connectivity index is 1.49. The zero-order chi connectivity index (χ0) is 17.9. The van der Waals surface area contributed by atoms with E-state index >= 15 is 0 Å². The number of imidazole rings is 1. The predicted octanol–water partition coefficient (Wildman–Crippen LogP) is 1.34. The van der Waals surface area contributed by atoms with E-state index in [0.717, 1.165) is 49.7 Å². The molecule has 1 aromatic carbocycles. The number of nitrogens with one attached hydrogen (secondary N) is 3. The Morgan fingerprint density at radius 1 is 1.23 bits per heavy atom. The SMILES string of the molecule is O=C(Nc1ccc2nc(CN3CCOCC3)[nH]c2c1)c1ccc(=O)[nH]c1. The molecule has 0 atom stereocenters. The van der Waals surface area contributed by atoms with Crippen LogP contribution in [-0.2, 0) is 11.3 Å². The summed E-state index contributed by atoms with van der Waals surface area (Å²) in [5.74, 6) is 0.611. The van der Waals surface area contributed by atoms with Gasteiger partial charge in [0.15, 0.2) is 0 Å². The minimum Gasteiger partial charge on any atom is -0.379 e. The van der Waals surface area contributed by atoms with Crippen molar-refractivity contribution in [2.75, 3.05) is 31.6 Å². The summed E-state index contributed by atoms with van der Waals surface area (Å²) in [6, 6.07) is 8.35. The molecule has 0 aliphatic carbocycles. The van der Waals surface area contributed by atoms with Crippen LogP contribution in [0, 0.1) is 0 Å². The number of aromatic amines is 2. The summed E-state index contributed by atoms with van der Waals surface area (Å²) in [7, 11) is 0. The molecule has 1 fully saturated rings. The number of carbonyl (C=O) groups excluding carboxylic acids is 1. The van der Waals surface area contributed by atoms with Crippen molar-refractivity contribution in [3.8, 4) is 0 Å². The topological polar surface area (TPSA) is 103 Å². The van der Waals surface area contributed by atoms with Crippen LogP contribution < -0.4 is 10.9 Å². The van der Waals surface area contributed by atoms with Crippen molar-refractivity contribution in [1.82, 2.24) is 19.9 Å². The van der Waals surface area contributed by atoms with Gasteiger partial charge in [0.2, 0.25) is 5.56 Å². The van der Waals surface area contributed by atoms with Crippen molar-refractivity contribution < 1.29 is 9.53 Å². The molecule has 0 saturated carbocycles. The van der Waals surface area contributed by atoms with Crippen LogP contribution in [0.5, 0.6) is 0 Å². The third-order valence-corrected chi connectivity index (χ3v) is 4.31. The van der Waals surface area contributed by atoms with Crippen LogP contribution in [0.3, 0.4) is 0 Å². The Kier molecular flexibility index (Phi) is 4.51. The summed E-state index contributed by atoms with van der Waals surface area (Å²) in [5, 5.41) is 2.82. The minimum absolute atomic E-state index is 0.242. The van der Waals surface area contributed by atoms with Crippen molar-refractivity contribution in [3.63, 3.8) is 0 Å². The van der Waals surface area contributed by atoms with Crippen molar-refractivity contribution in [1.29, 1.82) is 0 Å². The molecule has 8 heteroatoms. The molecule has 0 radical (unpaired) electrons. The number of rotatable bonds is 4. The number of carbonyl (C=O) groups is 1. The maximum atomic E-state index is 12.3. The van der Waals surface area contributed by atoms with Gasteiger partial charge in [0.05, 0.1) is 36.4 Å². The molecule has 0 spiro atoms. The van der Waals surface area contributed by atoms with E-state index in [1.165, 1.54) is 18.3 Å². The molecular weight excluding hydrogens is 334 g/mol. The summed E-state index contributed by atoms with van der Waals surface area (Å²) < 4.78 is 5.36. The Morgan fingerprint density at radius 3 is 2.85 bits per heavy atom. The number of ether oxygens (including phenoxy) is 1. The van der Waals surface area contributed by atoms with Gasteiger partial charge in [0, 0.05) is 31.0 Å². The Labute approximate surface area is 149 Å². The summed E-state index contributed by atoms with van der Waals surface area (Å²) >= 11 is 0. The fourth-order valence-corrected chi connectivity index (χ4v) is 2.94. The van der Waals surface area contributed by atoms with E-state index in [0.29, 0.717) is 11.3 Å². The van der Waals surface area contributed by atoms with Crippen LogP contribution >= 0.6 is 0 Å². The van der Waals surface area contributed by atoms with Gasteiger partial charge < -0.3 is 20.0 Å². The first-order valence-corrected chi connectivity index (χ1v) is 8.46. The van der Waals surface area contributed by atoms with Crippen LogP contribution in [0.1, 0.15) is 16.2 Å². The first-order chi connectivity index (χ1) is 12.7. The number of aromatic nitrogens is 3. The lowest BCUT2D eigenvalue weighted by Gasteiger charge is -2.25. The number of amides is 1. The van der Waals surface area contributed by atoms with E-state index in [4.69, 9.17) is 4.74 Å². The molecule has 8 nitrogen and oxygen atoms in total. The Hall–Kier alpha value is -2.97. The normalized spacial score (nSPS) is 15.2. The molecule has 1 aliphatic rings. The number of pyridine rings is 1. The molecule has 3 aromatic rings. The lowest BCUT2D eigenvalue weighted by atomic mass is 10.2. The summed E-state index contributed by atoms with van der Waals surface area (Å²) in [6.45, 7) is 4.05.